The molecule has 6 nitrogen and oxygen atoms in total. The zero-order chi connectivity index (χ0) is 18.6. The van der Waals surface area contributed by atoms with E-state index in [9.17, 15) is 14.7 Å². The van der Waals surface area contributed by atoms with E-state index >= 15 is 0 Å². The molecule has 3 N–H and O–H groups in total. The average molecular weight is 354 g/mol. The number of carbonyl (C=O) groups excluding carboxylic acids is 2. The summed E-state index contributed by atoms with van der Waals surface area (Å²) in [5, 5.41) is 10.2. The minimum atomic E-state index is -1.65. The third-order valence-electron chi connectivity index (χ3n) is 4.57. The van der Waals surface area contributed by atoms with Gasteiger partial charge < -0.3 is 20.5 Å². The molecule has 0 aliphatic carbocycles. The van der Waals surface area contributed by atoms with Crippen molar-refractivity contribution in [1.29, 1.82) is 0 Å². The summed E-state index contributed by atoms with van der Waals surface area (Å²) in [6.45, 7) is 0.861. The number of nitrogens with two attached hydrogens (primary N) is 1. The number of hydrogen-bond donors (Lipinski definition) is 2. The van der Waals surface area contributed by atoms with E-state index in [1.54, 1.807) is 24.3 Å². The molecule has 1 heterocycles. The molecule has 0 radical (unpaired) electrons. The van der Waals surface area contributed by atoms with Gasteiger partial charge in [-0.1, -0.05) is 30.3 Å². The number of primary amides is 1. The van der Waals surface area contributed by atoms with Gasteiger partial charge in [0.05, 0.1) is 6.54 Å². The number of aliphatic hydroxyl groups is 1. The maximum absolute atomic E-state index is 12.6. The molecular formula is C20H22N2O4. The number of hydrogen-bond acceptors (Lipinski definition) is 4. The second-order valence-corrected chi connectivity index (χ2v) is 6.52. The van der Waals surface area contributed by atoms with E-state index in [0.29, 0.717) is 30.9 Å². The quantitative estimate of drug-likeness (QED) is 0.855. The first kappa shape index (κ1) is 17.9. The fourth-order valence-electron chi connectivity index (χ4n) is 3.03. The topological polar surface area (TPSA) is 92.9 Å². The molecule has 6 heteroatoms. The predicted molar refractivity (Wildman–Crippen MR) is 96.5 cm³/mol. The lowest BCUT2D eigenvalue weighted by atomic mass is 9.92. The Hall–Kier alpha value is -2.86. The molecule has 2 aromatic carbocycles. The van der Waals surface area contributed by atoms with Crippen molar-refractivity contribution in [2.45, 2.75) is 25.0 Å². The number of ether oxygens (including phenoxy) is 1. The standard InChI is InChI=1S/C20H22N2O4/c21-19(24)20(25)11-4-12-22(14-20)18(23)16-7-9-17(10-8-16)26-13-15-5-2-1-3-6-15/h1-3,5-10,25H,4,11-14H2,(H2,21,24). The van der Waals surface area contributed by atoms with E-state index in [2.05, 4.69) is 0 Å². The summed E-state index contributed by atoms with van der Waals surface area (Å²) in [5.41, 5.74) is 5.15. The van der Waals surface area contributed by atoms with Crippen LogP contribution in [0.15, 0.2) is 54.6 Å². The van der Waals surface area contributed by atoms with Crippen LogP contribution in [0.2, 0.25) is 0 Å². The first-order chi connectivity index (χ1) is 12.5. The molecule has 1 unspecified atom stereocenters. The van der Waals surface area contributed by atoms with Crippen molar-refractivity contribution < 1.29 is 19.4 Å². The normalized spacial score (nSPS) is 19.8. The van der Waals surface area contributed by atoms with Crippen LogP contribution < -0.4 is 10.5 Å². The van der Waals surface area contributed by atoms with Crippen molar-refractivity contribution in [2.75, 3.05) is 13.1 Å². The number of amides is 2. The van der Waals surface area contributed by atoms with Gasteiger partial charge in [0.2, 0.25) is 0 Å². The van der Waals surface area contributed by atoms with E-state index in [1.165, 1.54) is 4.90 Å². The van der Waals surface area contributed by atoms with Crippen LogP contribution in [0.25, 0.3) is 0 Å². The summed E-state index contributed by atoms with van der Waals surface area (Å²) in [7, 11) is 0. The van der Waals surface area contributed by atoms with Crippen LogP contribution in [0.3, 0.4) is 0 Å². The molecule has 1 saturated heterocycles. The van der Waals surface area contributed by atoms with Gasteiger partial charge in [-0.15, -0.1) is 0 Å². The van der Waals surface area contributed by atoms with Gasteiger partial charge in [-0.25, -0.2) is 0 Å². The second-order valence-electron chi connectivity index (χ2n) is 6.52. The zero-order valence-corrected chi connectivity index (χ0v) is 14.4. The highest BCUT2D eigenvalue weighted by Crippen LogP contribution is 2.23. The Labute approximate surface area is 152 Å². The number of likely N-dealkylation sites (tertiary alicyclic amines) is 1. The summed E-state index contributed by atoms with van der Waals surface area (Å²) >= 11 is 0. The zero-order valence-electron chi connectivity index (χ0n) is 14.4. The molecule has 26 heavy (non-hydrogen) atoms. The van der Waals surface area contributed by atoms with Crippen LogP contribution in [-0.2, 0) is 11.4 Å². The maximum Gasteiger partial charge on any atom is 0.253 e. The summed E-state index contributed by atoms with van der Waals surface area (Å²) in [4.78, 5) is 25.5. The molecule has 0 spiro atoms. The van der Waals surface area contributed by atoms with Gasteiger partial charge >= 0.3 is 0 Å². The first-order valence-electron chi connectivity index (χ1n) is 8.56. The third kappa shape index (κ3) is 4.03. The second kappa shape index (κ2) is 7.58. The van der Waals surface area contributed by atoms with Gasteiger partial charge in [0.1, 0.15) is 12.4 Å². The van der Waals surface area contributed by atoms with Crippen molar-refractivity contribution in [2.24, 2.45) is 5.73 Å². The lowest BCUT2D eigenvalue weighted by Gasteiger charge is -2.37. The molecule has 1 fully saturated rings. The summed E-state index contributed by atoms with van der Waals surface area (Å²) in [6.07, 6.45) is 0.807. The fraction of sp³-hybridized carbons (Fsp3) is 0.300. The Kier molecular flexibility index (Phi) is 5.23. The summed E-state index contributed by atoms with van der Waals surface area (Å²) in [6, 6.07) is 16.6. The number of rotatable bonds is 5. The molecule has 2 aromatic rings. The first-order valence-corrected chi connectivity index (χ1v) is 8.56. The lowest BCUT2D eigenvalue weighted by molar-refractivity contribution is -0.140. The van der Waals surface area contributed by atoms with E-state index in [-0.39, 0.29) is 18.9 Å². The van der Waals surface area contributed by atoms with Crippen LogP contribution in [0.1, 0.15) is 28.8 Å². The van der Waals surface area contributed by atoms with Crippen LogP contribution in [-0.4, -0.2) is 40.5 Å². The highest BCUT2D eigenvalue weighted by atomic mass is 16.5. The number of carbonyl (C=O) groups is 2. The highest BCUT2D eigenvalue weighted by molar-refractivity contribution is 5.95. The fourth-order valence-corrected chi connectivity index (χ4v) is 3.03. The van der Waals surface area contributed by atoms with Crippen molar-refractivity contribution in [3.63, 3.8) is 0 Å². The van der Waals surface area contributed by atoms with Crippen molar-refractivity contribution in [3.8, 4) is 5.75 Å². The van der Waals surface area contributed by atoms with Gasteiger partial charge in [-0.2, -0.15) is 0 Å². The molecule has 1 atom stereocenters. The SMILES string of the molecule is NC(=O)C1(O)CCCN(C(=O)c2ccc(OCc3ccccc3)cc2)C1. The van der Waals surface area contributed by atoms with Crippen molar-refractivity contribution in [3.05, 3.63) is 65.7 Å². The van der Waals surface area contributed by atoms with Crippen molar-refractivity contribution in [1.82, 2.24) is 4.90 Å². The molecule has 0 bridgehead atoms. The Morgan fingerprint density at radius 3 is 2.46 bits per heavy atom. The van der Waals surface area contributed by atoms with Gasteiger partial charge in [0, 0.05) is 12.1 Å². The minimum Gasteiger partial charge on any atom is -0.489 e. The molecule has 3 rings (SSSR count). The minimum absolute atomic E-state index is 0.0760. The molecule has 1 aliphatic heterocycles. The molecule has 0 saturated carbocycles. The number of benzene rings is 2. The molecule has 2 amide bonds. The van der Waals surface area contributed by atoms with Crippen LogP contribution in [0, 0.1) is 0 Å². The molecular weight excluding hydrogens is 332 g/mol. The summed E-state index contributed by atoms with van der Waals surface area (Å²) < 4.78 is 5.71. The predicted octanol–water partition coefficient (Wildman–Crippen LogP) is 1.72. The largest absolute Gasteiger partial charge is 0.489 e. The smallest absolute Gasteiger partial charge is 0.253 e. The van der Waals surface area contributed by atoms with E-state index in [0.717, 1.165) is 5.56 Å². The van der Waals surface area contributed by atoms with Crippen LogP contribution in [0.4, 0.5) is 0 Å². The van der Waals surface area contributed by atoms with E-state index in [4.69, 9.17) is 10.5 Å². The Morgan fingerprint density at radius 2 is 1.81 bits per heavy atom. The molecule has 0 aromatic heterocycles. The number of nitrogens with zero attached hydrogens (tertiary/aromatic N) is 1. The van der Waals surface area contributed by atoms with Gasteiger partial charge in [-0.05, 0) is 42.7 Å². The third-order valence-corrected chi connectivity index (χ3v) is 4.57. The lowest BCUT2D eigenvalue weighted by Crippen LogP contribution is -2.57. The van der Waals surface area contributed by atoms with Gasteiger partial charge in [0.25, 0.3) is 11.8 Å². The summed E-state index contributed by atoms with van der Waals surface area (Å²) in [5.74, 6) is -0.365. The Bertz CT molecular complexity index is 776. The molecule has 136 valence electrons. The van der Waals surface area contributed by atoms with Crippen LogP contribution in [0.5, 0.6) is 5.75 Å². The Balaban J connectivity index is 1.62. The Morgan fingerprint density at radius 1 is 1.12 bits per heavy atom. The number of β-amino-alcohol motifs (C(OH)–C–C–N with tert-alkyl or cyclic N) is 1. The van der Waals surface area contributed by atoms with Crippen LogP contribution >= 0.6 is 0 Å². The monoisotopic (exact) mass is 354 g/mol. The highest BCUT2D eigenvalue weighted by Gasteiger charge is 2.40. The molecule has 1 aliphatic rings. The van der Waals surface area contributed by atoms with Crippen molar-refractivity contribution >= 4 is 11.8 Å². The maximum atomic E-state index is 12.6. The van der Waals surface area contributed by atoms with E-state index < -0.39 is 11.5 Å². The van der Waals surface area contributed by atoms with Gasteiger partial charge in [-0.3, -0.25) is 9.59 Å². The number of piperidine rings is 1. The average Bonchev–Trinajstić information content (AvgIpc) is 2.67. The van der Waals surface area contributed by atoms with Gasteiger partial charge in [0.15, 0.2) is 5.60 Å². The van der Waals surface area contributed by atoms with E-state index in [1.807, 2.05) is 30.3 Å².